The van der Waals surface area contributed by atoms with Crippen LogP contribution in [0, 0.1) is 0 Å². The average molecular weight is 293 g/mol. The molecule has 1 aromatic heterocycles. The Hall–Kier alpha value is -0.940. The van der Waals surface area contributed by atoms with E-state index in [1.165, 1.54) is 6.07 Å². The van der Waals surface area contributed by atoms with E-state index in [0.717, 1.165) is 0 Å². The average Bonchev–Trinajstić information content (AvgIpc) is 2.21. The molecule has 1 rings (SSSR count). The van der Waals surface area contributed by atoms with Gasteiger partial charge in [0.1, 0.15) is 10.8 Å². The Labute approximate surface area is 99.7 Å². The third-order valence-corrected chi connectivity index (χ3v) is 2.69. The minimum atomic E-state index is -0.593. The standard InChI is InChI=1S/C9H7BrClNO3/c1-2-15-9(14)5-3-6(10)8(11)12-7(5)4-13/h3-4H,2H2,1H3. The minimum absolute atomic E-state index is 0.0262. The fraction of sp³-hybridized carbons (Fsp3) is 0.222. The van der Waals surface area contributed by atoms with Crippen molar-refractivity contribution in [3.8, 4) is 0 Å². The summed E-state index contributed by atoms with van der Waals surface area (Å²) in [6, 6.07) is 1.41. The lowest BCUT2D eigenvalue weighted by Gasteiger charge is -2.05. The fourth-order valence-electron chi connectivity index (χ4n) is 0.942. The zero-order chi connectivity index (χ0) is 11.4. The smallest absolute Gasteiger partial charge is 0.340 e. The van der Waals surface area contributed by atoms with Crippen LogP contribution >= 0.6 is 27.5 Å². The lowest BCUT2D eigenvalue weighted by molar-refractivity contribution is 0.0523. The van der Waals surface area contributed by atoms with E-state index in [4.69, 9.17) is 16.3 Å². The minimum Gasteiger partial charge on any atom is -0.462 e. The van der Waals surface area contributed by atoms with E-state index in [2.05, 4.69) is 20.9 Å². The van der Waals surface area contributed by atoms with Gasteiger partial charge in [-0.05, 0) is 28.9 Å². The summed E-state index contributed by atoms with van der Waals surface area (Å²) in [5, 5.41) is 0.130. The van der Waals surface area contributed by atoms with Crippen molar-refractivity contribution in [1.82, 2.24) is 4.98 Å². The van der Waals surface area contributed by atoms with Crippen molar-refractivity contribution in [2.75, 3.05) is 6.61 Å². The van der Waals surface area contributed by atoms with Gasteiger partial charge in [0.15, 0.2) is 6.29 Å². The molecule has 4 nitrogen and oxygen atoms in total. The van der Waals surface area contributed by atoms with Crippen molar-refractivity contribution in [2.24, 2.45) is 0 Å². The van der Waals surface area contributed by atoms with Gasteiger partial charge in [0.25, 0.3) is 0 Å². The van der Waals surface area contributed by atoms with Crippen LogP contribution in [0.3, 0.4) is 0 Å². The second-order valence-electron chi connectivity index (χ2n) is 2.53. The van der Waals surface area contributed by atoms with Gasteiger partial charge in [0.05, 0.1) is 16.6 Å². The highest BCUT2D eigenvalue weighted by Crippen LogP contribution is 2.23. The molecule has 0 amide bonds. The molecule has 1 heterocycles. The highest BCUT2D eigenvalue weighted by Gasteiger charge is 2.16. The molecular formula is C9H7BrClNO3. The van der Waals surface area contributed by atoms with Crippen LogP contribution in [0.4, 0.5) is 0 Å². The Bertz CT molecular complexity index is 409. The number of ether oxygens (including phenoxy) is 1. The Morgan fingerprint density at radius 2 is 2.40 bits per heavy atom. The second kappa shape index (κ2) is 5.23. The largest absolute Gasteiger partial charge is 0.462 e. The van der Waals surface area contributed by atoms with Crippen LogP contribution in [0.5, 0.6) is 0 Å². The number of carbonyl (C=O) groups is 2. The number of rotatable bonds is 3. The summed E-state index contributed by atoms with van der Waals surface area (Å²) >= 11 is 8.79. The van der Waals surface area contributed by atoms with Crippen molar-refractivity contribution < 1.29 is 14.3 Å². The highest BCUT2D eigenvalue weighted by molar-refractivity contribution is 9.10. The maximum atomic E-state index is 11.4. The first-order valence-corrected chi connectivity index (χ1v) is 5.25. The molecule has 0 saturated heterocycles. The normalized spacial score (nSPS) is 9.80. The number of hydrogen-bond donors (Lipinski definition) is 0. The molecule has 0 spiro atoms. The molecule has 0 aliphatic heterocycles. The molecule has 0 N–H and O–H groups in total. The summed E-state index contributed by atoms with van der Waals surface area (Å²) in [5.74, 6) is -0.593. The number of carbonyl (C=O) groups excluding carboxylic acids is 2. The number of pyridine rings is 1. The van der Waals surface area contributed by atoms with Crippen LogP contribution < -0.4 is 0 Å². The quantitative estimate of drug-likeness (QED) is 0.488. The summed E-state index contributed by atoms with van der Waals surface area (Å²) < 4.78 is 5.21. The molecule has 0 atom stereocenters. The first kappa shape index (κ1) is 12.1. The monoisotopic (exact) mass is 291 g/mol. The van der Waals surface area contributed by atoms with Crippen molar-refractivity contribution in [3.63, 3.8) is 0 Å². The van der Waals surface area contributed by atoms with E-state index in [9.17, 15) is 9.59 Å². The van der Waals surface area contributed by atoms with Gasteiger partial charge in [0, 0.05) is 0 Å². The number of nitrogens with zero attached hydrogens (tertiary/aromatic N) is 1. The van der Waals surface area contributed by atoms with E-state index in [0.29, 0.717) is 10.8 Å². The molecule has 0 aromatic carbocycles. The summed E-state index contributed by atoms with van der Waals surface area (Å²) in [4.78, 5) is 25.8. The highest BCUT2D eigenvalue weighted by atomic mass is 79.9. The van der Waals surface area contributed by atoms with Crippen LogP contribution in [-0.4, -0.2) is 23.8 Å². The summed E-state index contributed by atoms with van der Waals surface area (Å²) in [6.45, 7) is 1.91. The second-order valence-corrected chi connectivity index (χ2v) is 3.74. The topological polar surface area (TPSA) is 56.3 Å². The Kier molecular flexibility index (Phi) is 4.23. The van der Waals surface area contributed by atoms with Gasteiger partial charge in [-0.3, -0.25) is 4.79 Å². The SMILES string of the molecule is CCOC(=O)c1cc(Br)c(Cl)nc1C=O. The van der Waals surface area contributed by atoms with Gasteiger partial charge in [-0.2, -0.15) is 0 Å². The zero-order valence-corrected chi connectivity index (χ0v) is 10.1. The van der Waals surface area contributed by atoms with E-state index < -0.39 is 5.97 Å². The van der Waals surface area contributed by atoms with Gasteiger partial charge in [-0.1, -0.05) is 11.6 Å². The maximum absolute atomic E-state index is 11.4. The van der Waals surface area contributed by atoms with Crippen molar-refractivity contribution >= 4 is 39.8 Å². The molecule has 0 saturated carbocycles. The molecule has 0 aliphatic carbocycles. The van der Waals surface area contributed by atoms with E-state index in [1.54, 1.807) is 6.92 Å². The van der Waals surface area contributed by atoms with Crippen molar-refractivity contribution in [1.29, 1.82) is 0 Å². The van der Waals surface area contributed by atoms with Crippen LogP contribution in [0.2, 0.25) is 5.15 Å². The molecule has 80 valence electrons. The Balaban J connectivity index is 3.21. The number of aldehydes is 1. The lowest BCUT2D eigenvalue weighted by Crippen LogP contribution is -2.09. The number of hydrogen-bond acceptors (Lipinski definition) is 4. The first-order chi connectivity index (χ1) is 7.10. The van der Waals surface area contributed by atoms with Crippen molar-refractivity contribution in [2.45, 2.75) is 6.92 Å². The molecule has 0 bridgehead atoms. The molecule has 6 heteroatoms. The summed E-state index contributed by atoms with van der Waals surface area (Å²) in [6.07, 6.45) is 0.463. The first-order valence-electron chi connectivity index (χ1n) is 4.08. The zero-order valence-electron chi connectivity index (χ0n) is 7.79. The predicted octanol–water partition coefficient (Wildman–Crippen LogP) is 2.49. The predicted molar refractivity (Wildman–Crippen MR) is 58.3 cm³/mol. The van der Waals surface area contributed by atoms with Gasteiger partial charge in [-0.25, -0.2) is 9.78 Å². The van der Waals surface area contributed by atoms with Crippen LogP contribution in [0.25, 0.3) is 0 Å². The number of halogens is 2. The van der Waals surface area contributed by atoms with E-state index in [-0.39, 0.29) is 23.0 Å². The van der Waals surface area contributed by atoms with Crippen molar-refractivity contribution in [3.05, 3.63) is 26.9 Å². The number of esters is 1. The molecule has 15 heavy (non-hydrogen) atoms. The van der Waals surface area contributed by atoms with Gasteiger partial charge in [0.2, 0.25) is 0 Å². The lowest BCUT2D eigenvalue weighted by atomic mass is 10.2. The van der Waals surface area contributed by atoms with E-state index in [1.807, 2.05) is 0 Å². The molecule has 0 radical (unpaired) electrons. The maximum Gasteiger partial charge on any atom is 0.340 e. The van der Waals surface area contributed by atoms with E-state index >= 15 is 0 Å². The van der Waals surface area contributed by atoms with Crippen LogP contribution in [0.15, 0.2) is 10.5 Å². The third-order valence-electron chi connectivity index (χ3n) is 1.57. The molecular weight excluding hydrogens is 285 g/mol. The summed E-state index contributed by atoms with van der Waals surface area (Å²) in [7, 11) is 0. The van der Waals surface area contributed by atoms with Gasteiger partial charge >= 0.3 is 5.97 Å². The Morgan fingerprint density at radius 3 is 2.93 bits per heavy atom. The molecule has 0 unspecified atom stereocenters. The van der Waals surface area contributed by atoms with Crippen LogP contribution in [0.1, 0.15) is 27.8 Å². The molecule has 1 aromatic rings. The number of aromatic nitrogens is 1. The summed E-state index contributed by atoms with van der Waals surface area (Å²) in [5.41, 5.74) is 0.0739. The van der Waals surface area contributed by atoms with Gasteiger partial charge in [-0.15, -0.1) is 0 Å². The molecule has 0 fully saturated rings. The Morgan fingerprint density at radius 1 is 1.73 bits per heavy atom. The van der Waals surface area contributed by atoms with Crippen LogP contribution in [-0.2, 0) is 4.74 Å². The third kappa shape index (κ3) is 2.76. The fourth-order valence-corrected chi connectivity index (χ4v) is 1.40. The molecule has 0 aliphatic rings. The van der Waals surface area contributed by atoms with Gasteiger partial charge < -0.3 is 4.74 Å².